The molecule has 1 N–H and O–H groups in total. The van der Waals surface area contributed by atoms with Gasteiger partial charge >= 0.3 is 12.1 Å². The summed E-state index contributed by atoms with van der Waals surface area (Å²) >= 11 is 7.27. The van der Waals surface area contributed by atoms with Crippen molar-refractivity contribution in [3.8, 4) is 29.0 Å². The first kappa shape index (κ1) is 33.2. The molecule has 2 saturated heterocycles. The lowest BCUT2D eigenvalue weighted by molar-refractivity contribution is 0.0145. The normalized spacial score (nSPS) is 20.2. The van der Waals surface area contributed by atoms with Crippen molar-refractivity contribution < 1.29 is 19.0 Å². The number of carbonyl (C=O) groups excluding carboxylic acids is 1. The van der Waals surface area contributed by atoms with E-state index in [4.69, 9.17) is 35.8 Å². The highest BCUT2D eigenvalue weighted by molar-refractivity contribution is 6.35. The van der Waals surface area contributed by atoms with Crippen LogP contribution < -0.4 is 14.4 Å². The molecule has 2 aromatic heterocycles. The number of nitrogens with one attached hydrogen (secondary N) is 1. The molecule has 3 aliphatic rings. The van der Waals surface area contributed by atoms with Crippen LogP contribution in [0.4, 0.5) is 10.6 Å². The summed E-state index contributed by atoms with van der Waals surface area (Å²) in [5.41, 5.74) is 3.58. The highest BCUT2D eigenvalue weighted by atomic mass is 35.5. The quantitative estimate of drug-likeness (QED) is 0.219. The third-order valence-electron chi connectivity index (χ3n) is 9.56. The molecule has 13 heteroatoms. The minimum atomic E-state index is -0.653. The number of H-pyrrole nitrogens is 1. The summed E-state index contributed by atoms with van der Waals surface area (Å²) in [7, 11) is 2.11. The largest absolute Gasteiger partial charge is 0.487 e. The Bertz CT molecular complexity index is 1930. The first-order valence-electron chi connectivity index (χ1n) is 17.1. The van der Waals surface area contributed by atoms with Gasteiger partial charge < -0.3 is 28.9 Å². The number of rotatable bonds is 8. The topological polar surface area (TPSA) is 133 Å². The Morgan fingerprint density at radius 2 is 1.92 bits per heavy atom. The van der Waals surface area contributed by atoms with Gasteiger partial charge in [-0.25, -0.2) is 4.79 Å². The van der Waals surface area contributed by atoms with E-state index in [1.807, 2.05) is 39.1 Å². The number of nitriles is 1. The Kier molecular flexibility index (Phi) is 8.92. The lowest BCUT2D eigenvalue weighted by Gasteiger charge is -2.41. The first-order valence-corrected chi connectivity index (χ1v) is 17.5. The zero-order chi connectivity index (χ0) is 34.4. The maximum absolute atomic E-state index is 13.2. The number of amides is 1. The monoisotopic (exact) mass is 686 g/mol. The summed E-state index contributed by atoms with van der Waals surface area (Å²) in [6.07, 6.45) is 5.64. The molecule has 1 aliphatic carbocycles. The molecule has 2 atom stereocenters. The molecule has 7 rings (SSSR count). The molecular formula is C36H43ClN8O4. The lowest BCUT2D eigenvalue weighted by atomic mass is 9.94. The van der Waals surface area contributed by atoms with Crippen molar-refractivity contribution in [2.45, 2.75) is 83.6 Å². The van der Waals surface area contributed by atoms with Crippen molar-refractivity contribution in [2.75, 3.05) is 44.7 Å². The number of aromatic amines is 1. The zero-order valence-electron chi connectivity index (χ0n) is 28.8. The van der Waals surface area contributed by atoms with Crippen LogP contribution in [0.1, 0.15) is 58.4 Å². The Morgan fingerprint density at radius 1 is 1.10 bits per heavy atom. The fourth-order valence-electron chi connectivity index (χ4n) is 6.88. The van der Waals surface area contributed by atoms with Gasteiger partial charge in [0.2, 0.25) is 0 Å². The van der Waals surface area contributed by atoms with E-state index in [1.165, 1.54) is 0 Å². The van der Waals surface area contributed by atoms with Crippen LogP contribution >= 0.6 is 11.6 Å². The number of halogens is 1. The summed E-state index contributed by atoms with van der Waals surface area (Å²) in [5, 5.41) is 19.3. The van der Waals surface area contributed by atoms with Gasteiger partial charge in [-0.1, -0.05) is 17.7 Å². The SMILES string of the molecule is Cc1ccc2[nH]ncc2c1-c1c(Cl)cc2c(N3CCN(C(=O)OC(C)(C)C)[C@@H](CC#N)C3)nc(OCC3CCCN3C)nc2c1OC1CC1. The van der Waals surface area contributed by atoms with Crippen LogP contribution in [0.15, 0.2) is 24.4 Å². The second-order valence-electron chi connectivity index (χ2n) is 14.4. The molecule has 2 aliphatic heterocycles. The molecule has 2 aromatic carbocycles. The number of hydrogen-bond donors (Lipinski definition) is 1. The van der Waals surface area contributed by atoms with Crippen LogP contribution in [0.5, 0.6) is 11.8 Å². The number of aryl methyl sites for hydroxylation is 1. The van der Waals surface area contributed by atoms with E-state index in [0.717, 1.165) is 59.8 Å². The molecule has 4 heterocycles. The van der Waals surface area contributed by atoms with Gasteiger partial charge in [-0.2, -0.15) is 20.3 Å². The van der Waals surface area contributed by atoms with Crippen molar-refractivity contribution in [1.82, 2.24) is 30.0 Å². The molecular weight excluding hydrogens is 644 g/mol. The van der Waals surface area contributed by atoms with Crippen LogP contribution in [0.3, 0.4) is 0 Å². The van der Waals surface area contributed by atoms with E-state index >= 15 is 0 Å². The number of hydrogen-bond acceptors (Lipinski definition) is 10. The van der Waals surface area contributed by atoms with Gasteiger partial charge in [0, 0.05) is 47.6 Å². The van der Waals surface area contributed by atoms with Crippen LogP contribution in [0, 0.1) is 18.3 Å². The molecule has 0 spiro atoms. The molecule has 4 aromatic rings. The van der Waals surface area contributed by atoms with Crippen LogP contribution in [0.25, 0.3) is 32.9 Å². The molecule has 49 heavy (non-hydrogen) atoms. The second-order valence-corrected chi connectivity index (χ2v) is 14.8. The van der Waals surface area contributed by atoms with Crippen molar-refractivity contribution in [3.05, 3.63) is 35.0 Å². The van der Waals surface area contributed by atoms with Gasteiger partial charge in [0.05, 0.1) is 41.4 Å². The summed E-state index contributed by atoms with van der Waals surface area (Å²) in [5.74, 6) is 1.22. The third kappa shape index (κ3) is 6.79. The number of piperazine rings is 1. The van der Waals surface area contributed by atoms with Crippen LogP contribution in [-0.4, -0.2) is 99.7 Å². The predicted molar refractivity (Wildman–Crippen MR) is 188 cm³/mol. The van der Waals surface area contributed by atoms with Crippen LogP contribution in [-0.2, 0) is 4.74 Å². The number of aromatic nitrogens is 4. The summed E-state index contributed by atoms with van der Waals surface area (Å²) in [6, 6.07) is 8.35. The van der Waals surface area contributed by atoms with Gasteiger partial charge in [-0.15, -0.1) is 0 Å². The number of nitrogens with zero attached hydrogens (tertiary/aromatic N) is 7. The Hall–Kier alpha value is -4.34. The van der Waals surface area contributed by atoms with E-state index in [0.29, 0.717) is 53.7 Å². The number of benzene rings is 2. The van der Waals surface area contributed by atoms with Gasteiger partial charge in [-0.3, -0.25) is 5.10 Å². The molecule has 0 bridgehead atoms. The first-order chi connectivity index (χ1) is 23.5. The summed E-state index contributed by atoms with van der Waals surface area (Å²) in [4.78, 5) is 29.3. The Morgan fingerprint density at radius 3 is 2.63 bits per heavy atom. The molecule has 1 unspecified atom stereocenters. The number of ether oxygens (including phenoxy) is 3. The number of carbonyl (C=O) groups is 1. The van der Waals surface area contributed by atoms with Gasteiger partial charge in [0.15, 0.2) is 5.75 Å². The fourth-order valence-corrected chi connectivity index (χ4v) is 7.17. The molecule has 258 valence electrons. The molecule has 12 nitrogen and oxygen atoms in total. The smallest absolute Gasteiger partial charge is 0.410 e. The zero-order valence-corrected chi connectivity index (χ0v) is 29.5. The van der Waals surface area contributed by atoms with E-state index in [-0.39, 0.29) is 24.6 Å². The fraction of sp³-hybridized carbons (Fsp3) is 0.528. The van der Waals surface area contributed by atoms with Crippen molar-refractivity contribution >= 4 is 45.3 Å². The Labute approximate surface area is 291 Å². The highest BCUT2D eigenvalue weighted by Crippen LogP contribution is 2.49. The predicted octanol–water partition coefficient (Wildman–Crippen LogP) is 6.49. The number of anilines is 1. The van der Waals surface area contributed by atoms with E-state index in [2.05, 4.69) is 46.1 Å². The average molecular weight is 687 g/mol. The van der Waals surface area contributed by atoms with Crippen molar-refractivity contribution in [2.24, 2.45) is 0 Å². The third-order valence-corrected chi connectivity index (χ3v) is 9.86. The molecule has 1 amide bonds. The number of fused-ring (bicyclic) bond motifs is 2. The maximum Gasteiger partial charge on any atom is 0.410 e. The lowest BCUT2D eigenvalue weighted by Crippen LogP contribution is -2.56. The number of likely N-dealkylation sites (tertiary alicyclic amines) is 1. The van der Waals surface area contributed by atoms with Gasteiger partial charge in [0.25, 0.3) is 0 Å². The molecule has 3 fully saturated rings. The van der Waals surface area contributed by atoms with Crippen molar-refractivity contribution in [1.29, 1.82) is 5.26 Å². The van der Waals surface area contributed by atoms with E-state index < -0.39 is 17.7 Å². The molecule has 1 saturated carbocycles. The van der Waals surface area contributed by atoms with Gasteiger partial charge in [0.1, 0.15) is 23.5 Å². The maximum atomic E-state index is 13.2. The van der Waals surface area contributed by atoms with Gasteiger partial charge in [-0.05, 0) is 84.7 Å². The number of likely N-dealkylation sites (N-methyl/N-ethyl adjacent to an activating group) is 1. The summed E-state index contributed by atoms with van der Waals surface area (Å²) in [6.45, 7) is 10.2. The average Bonchev–Trinajstić information content (AvgIpc) is 3.57. The minimum absolute atomic E-state index is 0.0524. The van der Waals surface area contributed by atoms with Crippen LogP contribution in [0.2, 0.25) is 5.02 Å². The standard InChI is InChI=1S/C36H43ClN8O4/c1-21-8-11-28-26(18-39-42-28)29(21)30-27(37)17-25-31(32(30)48-24-9-10-24)40-34(47-20-23-7-6-14-43(23)5)41-33(25)44-15-16-45(22(19-44)12-13-38)35(46)49-36(2,3)4/h8,11,17-18,22-24H,6-7,9-10,12,14-16,19-20H2,1-5H3,(H,39,42)/t22-,23?/m0/s1. The molecule has 0 radical (unpaired) electrons. The highest BCUT2D eigenvalue weighted by Gasteiger charge is 2.36. The second kappa shape index (κ2) is 13.2. The van der Waals surface area contributed by atoms with Crippen molar-refractivity contribution in [3.63, 3.8) is 0 Å². The van der Waals surface area contributed by atoms with E-state index in [1.54, 1.807) is 4.90 Å². The summed E-state index contributed by atoms with van der Waals surface area (Å²) < 4.78 is 18.8. The Balaban J connectivity index is 1.36. The van der Waals surface area contributed by atoms with E-state index in [9.17, 15) is 10.1 Å². The minimum Gasteiger partial charge on any atom is -0.487 e.